The first kappa shape index (κ1) is 18.2. The van der Waals surface area contributed by atoms with Gasteiger partial charge in [-0.15, -0.1) is 0 Å². The highest BCUT2D eigenvalue weighted by Crippen LogP contribution is 2.22. The van der Waals surface area contributed by atoms with Gasteiger partial charge in [0.05, 0.1) is 23.7 Å². The number of anilines is 2. The normalized spacial score (nSPS) is 14.9. The maximum atomic E-state index is 11.0. The van der Waals surface area contributed by atoms with Gasteiger partial charge in [-0.1, -0.05) is 19.3 Å². The van der Waals surface area contributed by atoms with E-state index < -0.39 is 5.97 Å². The molecule has 0 saturated heterocycles. The first-order valence-electron chi connectivity index (χ1n) is 9.30. The van der Waals surface area contributed by atoms with Crippen LogP contribution in [-0.2, 0) is 4.74 Å². The first-order valence-corrected chi connectivity index (χ1v) is 9.30. The number of H-pyrrole nitrogens is 2. The van der Waals surface area contributed by atoms with Crippen molar-refractivity contribution < 1.29 is 24.4 Å². The van der Waals surface area contributed by atoms with E-state index in [-0.39, 0.29) is 18.5 Å². The Balaban J connectivity index is 1.47. The van der Waals surface area contributed by atoms with Crippen LogP contribution in [0.25, 0.3) is 11.2 Å². The fourth-order valence-electron chi connectivity index (χ4n) is 3.26. The van der Waals surface area contributed by atoms with Gasteiger partial charge in [-0.05, 0) is 42.1 Å². The van der Waals surface area contributed by atoms with Crippen LogP contribution < -0.4 is 15.0 Å². The Labute approximate surface area is 161 Å². The molecule has 0 aliphatic heterocycles. The molecule has 1 fully saturated rings. The summed E-state index contributed by atoms with van der Waals surface area (Å²) >= 11 is 0. The maximum Gasteiger partial charge on any atom is 0.399 e. The van der Waals surface area contributed by atoms with Crippen molar-refractivity contribution in [2.75, 3.05) is 12.1 Å². The molecule has 1 aliphatic carbocycles. The molecule has 2 heterocycles. The number of imidazole rings is 1. The van der Waals surface area contributed by atoms with Gasteiger partial charge in [0.2, 0.25) is 0 Å². The Morgan fingerprint density at radius 1 is 1.25 bits per heavy atom. The summed E-state index contributed by atoms with van der Waals surface area (Å²) in [7, 11) is 0. The van der Waals surface area contributed by atoms with E-state index in [0.717, 1.165) is 12.8 Å². The average Bonchev–Trinajstić information content (AvgIpc) is 3.18. The van der Waals surface area contributed by atoms with Crippen LogP contribution in [0.4, 0.5) is 11.6 Å². The summed E-state index contributed by atoms with van der Waals surface area (Å²) in [6.07, 6.45) is 7.61. The van der Waals surface area contributed by atoms with Crippen molar-refractivity contribution in [2.24, 2.45) is 0 Å². The lowest BCUT2D eigenvalue weighted by Crippen LogP contribution is -2.22. The number of carboxylic acid groups (broad SMARTS) is 1. The van der Waals surface area contributed by atoms with Gasteiger partial charge in [-0.3, -0.25) is 0 Å². The molecule has 28 heavy (non-hydrogen) atoms. The van der Waals surface area contributed by atoms with Crippen molar-refractivity contribution in [2.45, 2.75) is 38.2 Å². The van der Waals surface area contributed by atoms with Gasteiger partial charge in [0, 0.05) is 0 Å². The largest absolute Gasteiger partial charge is 0.478 e. The van der Waals surface area contributed by atoms with Gasteiger partial charge in [0.25, 0.3) is 11.5 Å². The molecule has 0 bridgehead atoms. The lowest BCUT2D eigenvalue weighted by molar-refractivity contribution is -0.383. The van der Waals surface area contributed by atoms with Gasteiger partial charge in [0.1, 0.15) is 0 Å². The van der Waals surface area contributed by atoms with E-state index in [2.05, 4.69) is 25.3 Å². The van der Waals surface area contributed by atoms with Gasteiger partial charge in [-0.25, -0.2) is 20.1 Å². The highest BCUT2D eigenvalue weighted by Gasteiger charge is 2.19. The first-order chi connectivity index (χ1) is 13.7. The lowest BCUT2D eigenvalue weighted by Gasteiger charge is -2.21. The number of fused-ring (bicyclic) bond motifs is 1. The third-order valence-corrected chi connectivity index (χ3v) is 4.75. The van der Waals surface area contributed by atoms with E-state index in [4.69, 9.17) is 14.6 Å². The second kappa shape index (κ2) is 8.22. The number of aromatic nitrogens is 4. The van der Waals surface area contributed by atoms with Crippen LogP contribution in [0.15, 0.2) is 30.6 Å². The van der Waals surface area contributed by atoms with E-state index in [9.17, 15) is 4.79 Å². The van der Waals surface area contributed by atoms with Crippen molar-refractivity contribution in [3.63, 3.8) is 0 Å². The van der Waals surface area contributed by atoms with Crippen LogP contribution in [0.2, 0.25) is 0 Å². The van der Waals surface area contributed by atoms with E-state index in [0.29, 0.717) is 28.7 Å². The topological polar surface area (TPSA) is 124 Å². The molecule has 1 aromatic carbocycles. The van der Waals surface area contributed by atoms with Crippen molar-refractivity contribution in [3.05, 3.63) is 36.2 Å². The van der Waals surface area contributed by atoms with Gasteiger partial charge >= 0.3 is 11.9 Å². The van der Waals surface area contributed by atoms with Crippen molar-refractivity contribution in [1.29, 1.82) is 0 Å². The quantitative estimate of drug-likeness (QED) is 0.535. The third kappa shape index (κ3) is 4.20. The van der Waals surface area contributed by atoms with Crippen LogP contribution in [-0.4, -0.2) is 38.9 Å². The molecule has 146 valence electrons. The van der Waals surface area contributed by atoms with Crippen LogP contribution in [0.3, 0.4) is 0 Å². The number of nitrogens with one attached hydrogen (secondary N) is 3. The van der Waals surface area contributed by atoms with Gasteiger partial charge in [-0.2, -0.15) is 0 Å². The van der Waals surface area contributed by atoms with Gasteiger partial charge in [0.15, 0.2) is 12.3 Å². The number of hydrogen-bond donors (Lipinski definition) is 3. The maximum absolute atomic E-state index is 11.0. The highest BCUT2D eigenvalue weighted by molar-refractivity contribution is 5.88. The molecule has 0 spiro atoms. The minimum Gasteiger partial charge on any atom is -0.478 e. The number of ether oxygens (including phenoxy) is 2. The van der Waals surface area contributed by atoms with E-state index in [1.54, 1.807) is 18.5 Å². The standard InChI is InChI=1S/C19H21N5O4/c25-18(26)12-6-8-13(9-7-12)22-19-23-16-15(20-10-21-16)17(24-19)28-11-27-14-4-2-1-3-5-14/h6-10,14H,1-5,11H2,(H,25,26)(H2,20,21,22,23,24)/p+1. The molecule has 0 unspecified atom stereocenters. The summed E-state index contributed by atoms with van der Waals surface area (Å²) in [6.45, 7) is 0.145. The number of aromatic amines is 2. The fourth-order valence-corrected chi connectivity index (χ4v) is 3.26. The molecule has 3 aromatic rings. The van der Waals surface area contributed by atoms with E-state index in [1.165, 1.54) is 31.4 Å². The monoisotopic (exact) mass is 384 g/mol. The fraction of sp³-hybridized carbons (Fsp3) is 0.368. The molecule has 2 aromatic heterocycles. The number of carboxylic acids is 1. The second-order valence-electron chi connectivity index (χ2n) is 6.71. The van der Waals surface area contributed by atoms with Crippen LogP contribution in [0.5, 0.6) is 5.88 Å². The average molecular weight is 384 g/mol. The molecule has 4 rings (SSSR count). The van der Waals surface area contributed by atoms with E-state index in [1.807, 2.05) is 0 Å². The SMILES string of the molecule is O=C(O)c1ccc(Nc2nc3nc[nH]c3c(OCOC3CCCCC3)[nH+]2)cc1. The molecule has 1 saturated carbocycles. The van der Waals surface area contributed by atoms with Crippen LogP contribution in [0, 0.1) is 0 Å². The Kier molecular flexibility index (Phi) is 5.34. The molecule has 4 N–H and O–H groups in total. The number of benzene rings is 1. The summed E-state index contributed by atoms with van der Waals surface area (Å²) in [4.78, 5) is 25.7. The molecule has 0 atom stereocenters. The number of carbonyl (C=O) groups is 1. The van der Waals surface area contributed by atoms with Crippen molar-refractivity contribution in [1.82, 2.24) is 15.0 Å². The summed E-state index contributed by atoms with van der Waals surface area (Å²) < 4.78 is 11.6. The zero-order valence-corrected chi connectivity index (χ0v) is 15.3. The minimum atomic E-state index is -0.970. The Bertz CT molecular complexity index is 951. The Morgan fingerprint density at radius 2 is 2.04 bits per heavy atom. The predicted octanol–water partition coefficient (Wildman–Crippen LogP) is 2.90. The Morgan fingerprint density at radius 3 is 2.79 bits per heavy atom. The zero-order chi connectivity index (χ0) is 19.3. The number of aromatic carboxylic acids is 1. The van der Waals surface area contributed by atoms with Gasteiger partial charge < -0.3 is 19.6 Å². The smallest absolute Gasteiger partial charge is 0.399 e. The van der Waals surface area contributed by atoms with E-state index >= 15 is 0 Å². The number of hydrogen-bond acceptors (Lipinski definition) is 6. The summed E-state index contributed by atoms with van der Waals surface area (Å²) in [5, 5.41) is 12.1. The number of rotatable bonds is 7. The number of nitrogens with zero attached hydrogens (tertiary/aromatic N) is 2. The third-order valence-electron chi connectivity index (χ3n) is 4.75. The van der Waals surface area contributed by atoms with Crippen molar-refractivity contribution in [3.8, 4) is 5.88 Å². The summed E-state index contributed by atoms with van der Waals surface area (Å²) in [5.74, 6) is -0.0684. The van der Waals surface area contributed by atoms with Crippen LogP contribution >= 0.6 is 0 Å². The van der Waals surface area contributed by atoms with Crippen LogP contribution in [0.1, 0.15) is 42.5 Å². The molecule has 9 nitrogen and oxygen atoms in total. The molecular weight excluding hydrogens is 362 g/mol. The molecule has 1 aliphatic rings. The molecular formula is C19H22N5O4+. The molecule has 0 radical (unpaired) electrons. The predicted molar refractivity (Wildman–Crippen MR) is 101 cm³/mol. The summed E-state index contributed by atoms with van der Waals surface area (Å²) in [6, 6.07) is 6.38. The lowest BCUT2D eigenvalue weighted by atomic mass is 9.98. The van der Waals surface area contributed by atoms with Crippen molar-refractivity contribution >= 4 is 28.8 Å². The second-order valence-corrected chi connectivity index (χ2v) is 6.71. The highest BCUT2D eigenvalue weighted by atomic mass is 16.7. The molecule has 0 amide bonds. The summed E-state index contributed by atoms with van der Waals surface area (Å²) in [5.41, 5.74) is 2.05. The molecule has 9 heteroatoms. The zero-order valence-electron chi connectivity index (χ0n) is 15.3. The Hall–Kier alpha value is -3.20. The minimum absolute atomic E-state index is 0.145.